The number of nitrogens with zero attached hydrogens (tertiary/aromatic N) is 1. The highest BCUT2D eigenvalue weighted by Gasteiger charge is 2.34. The van der Waals surface area contributed by atoms with E-state index < -0.39 is 23.8 Å². The lowest BCUT2D eigenvalue weighted by Gasteiger charge is -2.32. The lowest BCUT2D eigenvalue weighted by Crippen LogP contribution is -2.41. The Morgan fingerprint density at radius 1 is 1.32 bits per heavy atom. The van der Waals surface area contributed by atoms with Crippen LogP contribution in [0.15, 0.2) is 36.0 Å². The first-order chi connectivity index (χ1) is 17.4. The van der Waals surface area contributed by atoms with E-state index >= 15 is 0 Å². The smallest absolute Gasteiger partial charge is 0.410 e. The molecule has 0 aromatic rings. The molecule has 0 aliphatic carbocycles. The third kappa shape index (κ3) is 10.6. The maximum Gasteiger partial charge on any atom is 0.410 e. The van der Waals surface area contributed by atoms with Crippen LogP contribution < -0.4 is 0 Å². The van der Waals surface area contributed by atoms with Crippen molar-refractivity contribution in [1.29, 1.82) is 0 Å². The summed E-state index contributed by atoms with van der Waals surface area (Å²) in [5.41, 5.74) is -0.407. The molecule has 0 aromatic heterocycles. The Labute approximate surface area is 225 Å². The minimum atomic E-state index is -1.25. The molecule has 2 heterocycles. The molecule has 1 saturated heterocycles. The summed E-state index contributed by atoms with van der Waals surface area (Å²) < 4.78 is 16.7. The Balaban J connectivity index is 2.12. The summed E-state index contributed by atoms with van der Waals surface area (Å²) in [6, 6.07) is 0. The van der Waals surface area contributed by atoms with Crippen molar-refractivity contribution in [3.05, 3.63) is 36.0 Å². The molecule has 8 nitrogen and oxygen atoms in total. The molecule has 208 valence electrons. The first-order valence-corrected chi connectivity index (χ1v) is 14.2. The lowest BCUT2D eigenvalue weighted by atomic mass is 9.87. The zero-order valence-corrected chi connectivity index (χ0v) is 23.8. The second-order valence-electron chi connectivity index (χ2n) is 10.5. The Kier molecular flexibility index (Phi) is 12.2. The minimum Gasteiger partial charge on any atom is -0.457 e. The Morgan fingerprint density at radius 2 is 2.05 bits per heavy atom. The molecular formula is C28H43NO7S. The van der Waals surface area contributed by atoms with Gasteiger partial charge in [-0.3, -0.25) is 14.5 Å². The van der Waals surface area contributed by atoms with Crippen molar-refractivity contribution in [2.24, 2.45) is 17.8 Å². The van der Waals surface area contributed by atoms with Gasteiger partial charge >= 0.3 is 18.0 Å². The molecule has 0 aromatic carbocycles. The van der Waals surface area contributed by atoms with Crippen molar-refractivity contribution in [2.45, 2.75) is 78.6 Å². The van der Waals surface area contributed by atoms with Crippen LogP contribution in [0.25, 0.3) is 0 Å². The lowest BCUT2D eigenvalue weighted by molar-refractivity contribution is -0.156. The van der Waals surface area contributed by atoms with Gasteiger partial charge in [0.25, 0.3) is 0 Å². The fraction of sp³-hybridized carbons (Fsp3) is 0.679. The number of carbonyl (C=O) groups excluding carboxylic acids is 3. The van der Waals surface area contributed by atoms with E-state index in [1.165, 1.54) is 6.92 Å². The highest BCUT2D eigenvalue weighted by Crippen LogP contribution is 2.28. The summed E-state index contributed by atoms with van der Waals surface area (Å²) >= 11 is 1.71. The van der Waals surface area contributed by atoms with E-state index in [9.17, 15) is 19.5 Å². The van der Waals surface area contributed by atoms with E-state index in [1.807, 2.05) is 52.0 Å². The van der Waals surface area contributed by atoms with Crippen molar-refractivity contribution in [2.75, 3.05) is 24.8 Å². The Bertz CT molecular complexity index is 876. The van der Waals surface area contributed by atoms with E-state index in [0.717, 1.165) is 17.9 Å². The zero-order chi connectivity index (χ0) is 27.6. The van der Waals surface area contributed by atoms with Crippen LogP contribution in [0.4, 0.5) is 4.79 Å². The third-order valence-electron chi connectivity index (χ3n) is 6.62. The van der Waals surface area contributed by atoms with Gasteiger partial charge in [0.15, 0.2) is 0 Å². The summed E-state index contributed by atoms with van der Waals surface area (Å²) in [4.78, 5) is 38.1. The van der Waals surface area contributed by atoms with Gasteiger partial charge in [-0.15, -0.1) is 11.8 Å². The molecule has 0 saturated carbocycles. The van der Waals surface area contributed by atoms with E-state index in [4.69, 9.17) is 14.2 Å². The number of allylic oxidation sites excluding steroid dienone is 2. The first-order valence-electron chi connectivity index (χ1n) is 13.0. The molecule has 0 spiro atoms. The number of amides is 1. The van der Waals surface area contributed by atoms with Crippen LogP contribution in [0, 0.1) is 17.8 Å². The second kappa shape index (κ2) is 14.6. The van der Waals surface area contributed by atoms with Crippen molar-refractivity contribution in [3.8, 4) is 0 Å². The number of esters is 2. The molecule has 1 N–H and O–H groups in total. The summed E-state index contributed by atoms with van der Waals surface area (Å²) in [5, 5.41) is 11.0. The quantitative estimate of drug-likeness (QED) is 0.222. The maximum atomic E-state index is 12.7. The van der Waals surface area contributed by atoms with Gasteiger partial charge in [-0.2, -0.15) is 0 Å². The van der Waals surface area contributed by atoms with Gasteiger partial charge in [0.1, 0.15) is 17.8 Å². The van der Waals surface area contributed by atoms with Crippen LogP contribution in [-0.4, -0.2) is 70.6 Å². The molecular weight excluding hydrogens is 494 g/mol. The zero-order valence-electron chi connectivity index (χ0n) is 23.0. The molecule has 2 aliphatic rings. The minimum absolute atomic E-state index is 0.00297. The number of rotatable bonds is 6. The van der Waals surface area contributed by atoms with Crippen LogP contribution in [-0.2, 0) is 23.8 Å². The average Bonchev–Trinajstić information content (AvgIpc) is 3.36. The van der Waals surface area contributed by atoms with Crippen molar-refractivity contribution < 1.29 is 33.7 Å². The van der Waals surface area contributed by atoms with E-state index in [2.05, 4.69) is 0 Å². The van der Waals surface area contributed by atoms with Crippen LogP contribution in [0.1, 0.15) is 60.8 Å². The summed E-state index contributed by atoms with van der Waals surface area (Å²) in [5.74, 6) is 0.661. The Morgan fingerprint density at radius 3 is 2.70 bits per heavy atom. The molecule has 9 heteroatoms. The number of ether oxygens (including phenoxy) is 3. The van der Waals surface area contributed by atoms with Gasteiger partial charge in [0.2, 0.25) is 0 Å². The molecule has 2 rings (SSSR count). The topological polar surface area (TPSA) is 102 Å². The largest absolute Gasteiger partial charge is 0.457 e. The molecule has 0 unspecified atom stereocenters. The molecule has 1 fully saturated rings. The summed E-state index contributed by atoms with van der Waals surface area (Å²) in [6.45, 7) is 11.7. The van der Waals surface area contributed by atoms with E-state index in [1.54, 1.807) is 29.7 Å². The van der Waals surface area contributed by atoms with E-state index in [-0.39, 0.29) is 42.8 Å². The average molecular weight is 538 g/mol. The van der Waals surface area contributed by atoms with E-state index in [0.29, 0.717) is 18.7 Å². The van der Waals surface area contributed by atoms with Crippen molar-refractivity contribution in [1.82, 2.24) is 4.90 Å². The number of hydrogen-bond donors (Lipinski definition) is 1. The molecule has 1 amide bonds. The molecule has 37 heavy (non-hydrogen) atoms. The van der Waals surface area contributed by atoms with Crippen molar-refractivity contribution in [3.63, 3.8) is 0 Å². The Hall–Kier alpha value is -2.26. The van der Waals surface area contributed by atoms with Gasteiger partial charge in [-0.05, 0) is 44.3 Å². The predicted molar refractivity (Wildman–Crippen MR) is 145 cm³/mol. The number of thioether (sulfide) groups is 1. The monoisotopic (exact) mass is 537 g/mol. The molecule has 0 bridgehead atoms. The van der Waals surface area contributed by atoms with Crippen LogP contribution in [0.5, 0.6) is 0 Å². The third-order valence-corrected chi connectivity index (χ3v) is 7.58. The molecule has 2 aliphatic heterocycles. The van der Waals surface area contributed by atoms with Crippen LogP contribution >= 0.6 is 11.8 Å². The SMILES string of the molecule is CC(=O)O[C@H]1/C=C/[C@H](C)[C@@H](/C(C)=C/C=C/[C@@H](C)COC(=O)N2CCSC2)OC(=O)C[C@H](C)CC[C@@]1(C)O. The van der Waals surface area contributed by atoms with Crippen LogP contribution in [0.3, 0.4) is 0 Å². The highest BCUT2D eigenvalue weighted by atomic mass is 32.2. The van der Waals surface area contributed by atoms with Gasteiger partial charge in [0.05, 0.1) is 12.5 Å². The number of carbonyl (C=O) groups is 3. The molecule has 0 radical (unpaired) electrons. The van der Waals surface area contributed by atoms with Gasteiger partial charge in [-0.25, -0.2) is 4.79 Å². The molecule has 6 atom stereocenters. The fourth-order valence-corrected chi connectivity index (χ4v) is 5.13. The maximum absolute atomic E-state index is 12.7. The predicted octanol–water partition coefficient (Wildman–Crippen LogP) is 4.87. The number of aliphatic hydroxyl groups is 1. The number of hydrogen-bond acceptors (Lipinski definition) is 8. The fourth-order valence-electron chi connectivity index (χ4n) is 4.20. The van der Waals surface area contributed by atoms with Crippen molar-refractivity contribution >= 4 is 29.8 Å². The number of cyclic esters (lactones) is 1. The van der Waals surface area contributed by atoms with Gasteiger partial charge in [-0.1, -0.05) is 45.1 Å². The van der Waals surface area contributed by atoms with Crippen LogP contribution in [0.2, 0.25) is 0 Å². The normalized spacial score (nSPS) is 31.7. The first kappa shape index (κ1) is 31.0. The summed E-state index contributed by atoms with van der Waals surface area (Å²) in [7, 11) is 0. The standard InChI is InChI=1S/C28H43NO7S/c1-19-12-13-28(6,33)24(35-23(5)30)11-10-22(4)26(36-25(31)16-19)21(3)9-7-8-20(2)17-34-27(32)29-14-15-37-18-29/h7-11,19-20,22,24,26,33H,12-18H2,1-6H3/b8-7+,11-10+,21-9+/t19-,20-,22+,24+,26-,28-/m1/s1. The summed E-state index contributed by atoms with van der Waals surface area (Å²) in [6.07, 6.45) is 8.85. The van der Waals surface area contributed by atoms with Gasteiger partial charge < -0.3 is 19.3 Å². The van der Waals surface area contributed by atoms with Gasteiger partial charge in [0, 0.05) is 37.5 Å². The highest BCUT2D eigenvalue weighted by molar-refractivity contribution is 7.99. The second-order valence-corrected chi connectivity index (χ2v) is 11.6.